The molecule has 0 bridgehead atoms. The van der Waals surface area contributed by atoms with Crippen molar-refractivity contribution in [2.24, 2.45) is 23.3 Å². The molecule has 3 amide bonds. The Bertz CT molecular complexity index is 6580. The number of pyridine rings is 6. The van der Waals surface area contributed by atoms with Gasteiger partial charge in [-0.15, -0.1) is 5.06 Å². The molecular weight excluding hydrogens is 1810 g/mol. The number of cyclic esters (lactones) is 3. The molecule has 732 valence electrons. The van der Waals surface area contributed by atoms with Gasteiger partial charge in [0.15, 0.2) is 35.7 Å². The molecule has 10 aliphatic rings. The fourth-order valence-corrected chi connectivity index (χ4v) is 18.6. The number of carbonyl (C=O) groups is 9. The smallest absolute Gasteiger partial charge is 0.343 e. The minimum absolute atomic E-state index is 0.0199. The Morgan fingerprint density at radius 2 is 0.848 bits per heavy atom. The predicted octanol–water partition coefficient (Wildman–Crippen LogP) is 0.233. The van der Waals surface area contributed by atoms with E-state index in [1.807, 2.05) is 18.2 Å². The van der Waals surface area contributed by atoms with E-state index in [1.165, 1.54) is 35.5 Å². The number of esters is 5. The summed E-state index contributed by atoms with van der Waals surface area (Å²) in [6, 6.07) is 22.0. The van der Waals surface area contributed by atoms with Gasteiger partial charge in [0.2, 0.25) is 5.91 Å². The molecule has 15 unspecified atom stereocenters. The van der Waals surface area contributed by atoms with Gasteiger partial charge in [0.05, 0.1) is 163 Å². The largest absolute Gasteiger partial charge is 0.508 e. The van der Waals surface area contributed by atoms with Gasteiger partial charge in [-0.05, 0) is 110 Å². The second-order valence-electron chi connectivity index (χ2n) is 35.1. The topological polar surface area (TPSA) is 639 Å². The van der Waals surface area contributed by atoms with E-state index in [9.17, 15) is 103 Å². The van der Waals surface area contributed by atoms with Crippen LogP contribution in [0.1, 0.15) is 142 Å². The zero-order chi connectivity index (χ0) is 98.9. The lowest BCUT2D eigenvalue weighted by Crippen LogP contribution is -2.67. The van der Waals surface area contributed by atoms with Gasteiger partial charge in [-0.3, -0.25) is 38.4 Å². The van der Waals surface area contributed by atoms with E-state index in [4.69, 9.17) is 83.5 Å². The molecule has 10 aliphatic heterocycles. The summed E-state index contributed by atoms with van der Waals surface area (Å²) in [6.45, 7) is 7.24. The third-order valence-electron chi connectivity index (χ3n) is 26.8. The number of aliphatic hydroxyl groups excluding tert-OH is 6. The molecule has 44 heteroatoms. The first-order valence-corrected chi connectivity index (χ1v) is 44.7. The number of nitrogens with one attached hydrogen (secondary N) is 1. The van der Waals surface area contributed by atoms with Crippen molar-refractivity contribution in [3.05, 3.63) is 172 Å². The lowest BCUT2D eigenvalue weighted by molar-refractivity contribution is -0.323. The highest BCUT2D eigenvalue weighted by Crippen LogP contribution is 2.45. The van der Waals surface area contributed by atoms with E-state index >= 15 is 0 Å². The second-order valence-corrected chi connectivity index (χ2v) is 35.1. The number of nitrogens with zero attached hydrogens (tertiary/aromatic N) is 7. The van der Waals surface area contributed by atoms with Crippen LogP contribution in [0.2, 0.25) is 0 Å². The third kappa shape index (κ3) is 18.1. The van der Waals surface area contributed by atoms with E-state index in [-0.39, 0.29) is 154 Å². The zero-order valence-corrected chi connectivity index (χ0v) is 75.6. The fraction of sp³-hybridized carbons (Fsp3) is 0.457. The minimum Gasteiger partial charge on any atom is -0.508 e. The van der Waals surface area contributed by atoms with Gasteiger partial charge < -0.3 is 138 Å². The van der Waals surface area contributed by atoms with E-state index in [0.717, 1.165) is 16.5 Å². The number of hydroxylamine groups is 2. The van der Waals surface area contributed by atoms with Gasteiger partial charge in [0.1, 0.15) is 61.4 Å². The Morgan fingerprint density at radius 1 is 0.478 bits per heavy atom. The zero-order valence-electron chi connectivity index (χ0n) is 75.6. The number of ether oxygens (including phenoxy) is 11. The first-order valence-electron chi connectivity index (χ1n) is 44.7. The Morgan fingerprint density at radius 3 is 1.25 bits per heavy atom. The molecule has 16 heterocycles. The maximum absolute atomic E-state index is 13.5. The molecule has 0 spiro atoms. The van der Waals surface area contributed by atoms with E-state index in [0.29, 0.717) is 89.8 Å². The molecule has 18 atom stereocenters. The van der Waals surface area contributed by atoms with Crippen molar-refractivity contribution in [3.63, 3.8) is 0 Å². The van der Waals surface area contributed by atoms with Crippen molar-refractivity contribution >= 4 is 86.2 Å². The van der Waals surface area contributed by atoms with Gasteiger partial charge >= 0.3 is 35.8 Å². The second kappa shape index (κ2) is 39.3. The molecule has 19 rings (SSSR count). The SMILES string of the molecule is CC[C@@]1(O)C(=O)OCc2c1cc1n(c2=O)Cc2cc3cc(O)ccc3nc2-1.CC[C@@]1(O)C(=O)OCc2c1cc1n(c2=O)Cc2cc3cc(OC(=O)CCC(=O)NC4C(OC5C(CO)OC(OC)C(N)C5O)OC(CO)C(C)C4O)ccc3nc2-1.CC[C@@]1(O)C(=O)OCc2c1cc1n(c2=O)Cc2cc3cc(OC(=O)CCC(=O)ON4C(=O)CCC4=O)ccc3nc2-1.COC1OC(CO)C(C)C(O)C1N. The number of rotatable bonds is 20. The fourth-order valence-electron chi connectivity index (χ4n) is 18.6. The van der Waals surface area contributed by atoms with Gasteiger partial charge in [-0.1, -0.05) is 34.6 Å². The van der Waals surface area contributed by atoms with Gasteiger partial charge in [0.25, 0.3) is 28.5 Å². The first-order chi connectivity index (χ1) is 65.8. The number of phenols is 1. The number of carbonyl (C=O) groups excluding carboxylic acids is 9. The average molecular weight is 1920 g/mol. The van der Waals surface area contributed by atoms with Crippen LogP contribution < -0.4 is 42.9 Å². The molecule has 4 saturated heterocycles. The summed E-state index contributed by atoms with van der Waals surface area (Å²) < 4.78 is 63.7. The summed E-state index contributed by atoms with van der Waals surface area (Å²) in [5.41, 5.74) is 13.7. The molecular formula is C94H102N10O34. The first kappa shape index (κ1) is 98.3. The number of methoxy groups -OCH3 is 2. The summed E-state index contributed by atoms with van der Waals surface area (Å²) in [6.07, 6.45) is -11.6. The molecule has 15 N–H and O–H groups in total. The summed E-state index contributed by atoms with van der Waals surface area (Å²) >= 11 is 0. The number of phenolic OH excluding ortho intramolecular Hbond substituents is 1. The quantitative estimate of drug-likeness (QED) is 0.0210. The Balaban J connectivity index is 0.000000147. The van der Waals surface area contributed by atoms with Crippen molar-refractivity contribution in [3.8, 4) is 51.4 Å². The number of imide groups is 1. The number of fused-ring (bicyclic) bond motifs is 15. The Labute approximate surface area is 782 Å². The van der Waals surface area contributed by atoms with Crippen LogP contribution in [-0.2, 0) is 147 Å². The van der Waals surface area contributed by atoms with Crippen LogP contribution in [0.15, 0.2) is 105 Å². The van der Waals surface area contributed by atoms with Crippen molar-refractivity contribution in [2.45, 2.75) is 228 Å². The minimum atomic E-state index is -1.95. The predicted molar refractivity (Wildman–Crippen MR) is 473 cm³/mol. The number of benzene rings is 3. The number of hydrogen-bond donors (Lipinski definition) is 13. The Hall–Kier alpha value is -12.7. The average Bonchev–Trinajstić information content (AvgIpc) is 1.48. The van der Waals surface area contributed by atoms with Crippen molar-refractivity contribution < 1.29 is 151 Å². The summed E-state index contributed by atoms with van der Waals surface area (Å²) in [4.78, 5) is 169. The van der Waals surface area contributed by atoms with Crippen LogP contribution in [-0.4, -0.2) is 252 Å². The molecule has 4 fully saturated rings. The van der Waals surface area contributed by atoms with E-state index in [2.05, 4.69) is 10.3 Å². The molecule has 138 heavy (non-hydrogen) atoms. The lowest BCUT2D eigenvalue weighted by Gasteiger charge is -2.47. The van der Waals surface area contributed by atoms with Crippen LogP contribution in [0.3, 0.4) is 0 Å². The van der Waals surface area contributed by atoms with Crippen LogP contribution in [0.4, 0.5) is 0 Å². The molecule has 44 nitrogen and oxygen atoms in total. The molecule has 6 aromatic heterocycles. The summed E-state index contributed by atoms with van der Waals surface area (Å²) in [5.74, 6) is -6.91. The van der Waals surface area contributed by atoms with E-state index in [1.54, 1.807) is 99.8 Å². The summed E-state index contributed by atoms with van der Waals surface area (Å²) in [5, 5.41) is 108. The highest BCUT2D eigenvalue weighted by atomic mass is 16.7. The molecule has 0 radical (unpaired) electrons. The number of aromatic nitrogens is 6. The third-order valence-corrected chi connectivity index (χ3v) is 26.8. The molecule has 0 saturated carbocycles. The highest BCUT2D eigenvalue weighted by molar-refractivity contribution is 6.02. The Kier molecular flexibility index (Phi) is 28.0. The van der Waals surface area contributed by atoms with Crippen LogP contribution in [0.25, 0.3) is 66.9 Å². The number of aliphatic hydroxyl groups is 9. The van der Waals surface area contributed by atoms with Gasteiger partial charge in [-0.25, -0.2) is 34.1 Å². The normalized spacial score (nSPS) is 27.2. The summed E-state index contributed by atoms with van der Waals surface area (Å²) in [7, 11) is 2.78. The standard InChI is InChI=1S/C38H46N4O15.C28H23N3O10.C20H16N2O5.C8H17NO4/c1-4-38(51)21-11-23-29-18(12-42(23)34(49)20(21)15-53-37(38)50)9-17-10-19(5-6-22(17)40-29)54-27(46)8-7-26(45)41-30-31(47)16(2)24(13-43)55-36(30)57-33-25(14-44)56-35(52-3)28(39)32(33)48;1-2-28(38)18-11-20-25-15(12-30(20)26(36)17(18)13-39-27(28)37)9-14-10-16(3-4-19(14)29-25)40-23(34)7-8-24(35)41-31-21(32)5-6-22(31)33;1-2-20(26)14-7-16-17-11(5-10-6-12(23)3-4-15(10)21-17)8-22(16)18(24)13(14)9-27-19(20)25;1-4-5(3-10)13-8(12-2)6(9)7(4)11/h5-6,9-11,16,24-25,28,30-33,35-36,43-44,47-48,51H,4,7-8,12-15,39H2,1-3H3,(H,41,45);3-4,9-11,38H,2,5-8,12-13H2,1H3;3-7,23,26H,2,8-9H2,1H3;4-8,10-11H,3,9H2,1-2H3/t16?,24?,25?,28?,30?,31?,32?,33?,35?,36?,38-;28-;20-;/m000./s1. The van der Waals surface area contributed by atoms with Gasteiger partial charge in [-0.2, -0.15) is 0 Å². The van der Waals surface area contributed by atoms with Crippen LogP contribution in [0.5, 0.6) is 17.2 Å². The van der Waals surface area contributed by atoms with E-state index < -0.39 is 175 Å². The lowest BCUT2D eigenvalue weighted by atomic mass is 9.86. The maximum atomic E-state index is 13.5. The number of nitrogens with two attached hydrogens (primary N) is 2. The van der Waals surface area contributed by atoms with Crippen molar-refractivity contribution in [2.75, 3.05) is 34.0 Å². The monoisotopic (exact) mass is 1910 g/mol. The maximum Gasteiger partial charge on any atom is 0.343 e. The van der Waals surface area contributed by atoms with Crippen LogP contribution >= 0.6 is 0 Å². The molecule has 9 aromatic rings. The number of hydrogen-bond acceptors (Lipinski definition) is 39. The highest BCUT2D eigenvalue weighted by Gasteiger charge is 2.53. The molecule has 0 aliphatic carbocycles. The number of aromatic hydroxyl groups is 1. The van der Waals surface area contributed by atoms with Crippen molar-refractivity contribution in [1.29, 1.82) is 0 Å². The van der Waals surface area contributed by atoms with Gasteiger partial charge in [0, 0.05) is 94.9 Å². The number of amides is 3. The van der Waals surface area contributed by atoms with Crippen LogP contribution in [0, 0.1) is 11.8 Å². The van der Waals surface area contributed by atoms with Crippen molar-refractivity contribution in [1.82, 2.24) is 39.0 Å². The molecule has 3 aromatic carbocycles.